The summed E-state index contributed by atoms with van der Waals surface area (Å²) in [5.74, 6) is 0.650. The van der Waals surface area contributed by atoms with E-state index in [-0.39, 0.29) is 27.2 Å². The van der Waals surface area contributed by atoms with Crippen molar-refractivity contribution in [1.82, 2.24) is 15.0 Å². The molecule has 3 aromatic heterocycles. The molecule has 0 fully saturated rings. The van der Waals surface area contributed by atoms with Crippen LogP contribution in [0.5, 0.6) is 0 Å². The van der Waals surface area contributed by atoms with Crippen molar-refractivity contribution >= 4 is 23.5 Å². The van der Waals surface area contributed by atoms with Gasteiger partial charge in [0.2, 0.25) is 0 Å². The predicted octanol–water partition coefficient (Wildman–Crippen LogP) is 1.07. The summed E-state index contributed by atoms with van der Waals surface area (Å²) in [5.41, 5.74) is -0.489. The van der Waals surface area contributed by atoms with Crippen LogP contribution < -0.4 is 21.8 Å². The van der Waals surface area contributed by atoms with Gasteiger partial charge in [0, 0.05) is 10.3 Å². The van der Waals surface area contributed by atoms with E-state index in [4.69, 9.17) is 4.42 Å². The number of nitrogens with one attached hydrogen (secondary N) is 2. The maximum Gasteiger partial charge on any atom is 0.272 e. The first-order valence-electron chi connectivity index (χ1n) is 7.38. The molecule has 0 spiro atoms. The van der Waals surface area contributed by atoms with Crippen LogP contribution in [0.25, 0.3) is 12.2 Å². The molecule has 0 aliphatic rings. The van der Waals surface area contributed by atoms with Crippen LogP contribution in [0.3, 0.4) is 0 Å². The van der Waals surface area contributed by atoms with E-state index in [1.165, 1.54) is 23.8 Å². The molecule has 0 aromatic carbocycles. The highest BCUT2D eigenvalue weighted by Gasteiger charge is 2.21. The summed E-state index contributed by atoms with van der Waals surface area (Å²) < 4.78 is 5.41. The van der Waals surface area contributed by atoms with E-state index in [0.717, 1.165) is 4.88 Å². The van der Waals surface area contributed by atoms with Gasteiger partial charge in [0.15, 0.2) is 6.39 Å². The van der Waals surface area contributed by atoms with Crippen molar-refractivity contribution in [3.05, 3.63) is 71.6 Å². The number of hydrogen-bond acceptors (Lipinski definition) is 5. The lowest BCUT2D eigenvalue weighted by atomic mass is 9.92. The first-order valence-corrected chi connectivity index (χ1v) is 8.26. The number of thiophene rings is 1. The molecule has 2 N–H and O–H groups in total. The fourth-order valence-electron chi connectivity index (χ4n) is 2.27. The minimum atomic E-state index is -0.389. The maximum absolute atomic E-state index is 12.3. The number of rotatable bonds is 2. The summed E-state index contributed by atoms with van der Waals surface area (Å²) in [5, 5.41) is 2.26. The Balaban J connectivity index is 2.15. The molecule has 3 heterocycles. The van der Waals surface area contributed by atoms with Crippen molar-refractivity contribution in [2.75, 3.05) is 0 Å². The molecular weight excluding hydrogens is 326 g/mol. The van der Waals surface area contributed by atoms with Crippen LogP contribution in [0.1, 0.15) is 37.1 Å². The number of nitrogens with zero attached hydrogens (tertiary/aromatic N) is 1. The van der Waals surface area contributed by atoms with Gasteiger partial charge in [-0.25, -0.2) is 4.98 Å². The van der Waals surface area contributed by atoms with Gasteiger partial charge in [0.1, 0.15) is 22.2 Å². The summed E-state index contributed by atoms with van der Waals surface area (Å²) in [4.78, 5) is 34.7. The maximum atomic E-state index is 12.3. The Morgan fingerprint density at radius 1 is 1.12 bits per heavy atom. The Kier molecular flexibility index (Phi) is 4.11. The minimum Gasteiger partial charge on any atom is -0.447 e. The second kappa shape index (κ2) is 6.09. The number of aromatic amines is 2. The van der Waals surface area contributed by atoms with Gasteiger partial charge in [-0.2, -0.15) is 0 Å². The fourth-order valence-corrected chi connectivity index (χ4v) is 2.92. The zero-order valence-electron chi connectivity index (χ0n) is 13.5. The molecular formula is C17H17N3O3S. The third kappa shape index (κ3) is 3.30. The van der Waals surface area contributed by atoms with Crippen LogP contribution >= 0.6 is 11.3 Å². The van der Waals surface area contributed by atoms with Gasteiger partial charge in [0.25, 0.3) is 11.1 Å². The third-order valence-electron chi connectivity index (χ3n) is 3.37. The van der Waals surface area contributed by atoms with Crippen LogP contribution in [0.4, 0.5) is 0 Å². The van der Waals surface area contributed by atoms with E-state index in [9.17, 15) is 9.59 Å². The SMILES string of the molecule is CC(C)(C)c1ocnc1C=c1[nH]c(=O)c(=Cc2cccs2)[nH]c1=O. The van der Waals surface area contributed by atoms with E-state index < -0.39 is 0 Å². The number of aromatic nitrogens is 3. The van der Waals surface area contributed by atoms with Crippen LogP contribution in [0.2, 0.25) is 0 Å². The molecule has 0 saturated heterocycles. The summed E-state index contributed by atoms with van der Waals surface area (Å²) >= 11 is 1.48. The van der Waals surface area contributed by atoms with E-state index in [0.29, 0.717) is 11.5 Å². The highest BCUT2D eigenvalue weighted by atomic mass is 32.1. The number of oxazole rings is 1. The summed E-state index contributed by atoms with van der Waals surface area (Å²) in [6, 6.07) is 3.75. The highest BCUT2D eigenvalue weighted by molar-refractivity contribution is 7.10. The van der Waals surface area contributed by atoms with E-state index in [1.54, 1.807) is 6.08 Å². The van der Waals surface area contributed by atoms with Crippen LogP contribution in [-0.2, 0) is 5.41 Å². The number of hydrogen-bond donors (Lipinski definition) is 2. The van der Waals surface area contributed by atoms with Crippen LogP contribution in [0, 0.1) is 0 Å². The Hall–Kier alpha value is -2.67. The Morgan fingerprint density at radius 3 is 2.38 bits per heavy atom. The predicted molar refractivity (Wildman–Crippen MR) is 93.6 cm³/mol. The minimum absolute atomic E-state index is 0.141. The Bertz CT molecular complexity index is 1080. The first kappa shape index (κ1) is 16.2. The van der Waals surface area contributed by atoms with Crippen molar-refractivity contribution in [2.45, 2.75) is 26.2 Å². The molecule has 0 radical (unpaired) electrons. The van der Waals surface area contributed by atoms with Gasteiger partial charge in [0.05, 0.1) is 0 Å². The summed E-state index contributed by atoms with van der Waals surface area (Å²) in [7, 11) is 0. The lowest BCUT2D eigenvalue weighted by Gasteiger charge is -2.14. The van der Waals surface area contributed by atoms with E-state index >= 15 is 0 Å². The molecule has 0 bridgehead atoms. The number of H-pyrrole nitrogens is 2. The lowest BCUT2D eigenvalue weighted by Crippen LogP contribution is -2.46. The molecule has 6 nitrogen and oxygen atoms in total. The van der Waals surface area contributed by atoms with Crippen molar-refractivity contribution in [3.8, 4) is 0 Å². The van der Waals surface area contributed by atoms with E-state index in [1.807, 2.05) is 38.3 Å². The van der Waals surface area contributed by atoms with Crippen LogP contribution in [-0.4, -0.2) is 15.0 Å². The van der Waals surface area contributed by atoms with Crippen molar-refractivity contribution in [1.29, 1.82) is 0 Å². The van der Waals surface area contributed by atoms with Gasteiger partial charge in [-0.05, 0) is 23.6 Å². The third-order valence-corrected chi connectivity index (χ3v) is 4.19. The van der Waals surface area contributed by atoms with E-state index in [2.05, 4.69) is 15.0 Å². The smallest absolute Gasteiger partial charge is 0.272 e. The van der Waals surface area contributed by atoms with Gasteiger partial charge < -0.3 is 14.4 Å². The monoisotopic (exact) mass is 343 g/mol. The second-order valence-corrected chi connectivity index (χ2v) is 7.34. The van der Waals surface area contributed by atoms with Crippen LogP contribution in [0.15, 0.2) is 37.9 Å². The highest BCUT2D eigenvalue weighted by Crippen LogP contribution is 2.25. The van der Waals surface area contributed by atoms with Crippen molar-refractivity contribution in [2.24, 2.45) is 0 Å². The second-order valence-electron chi connectivity index (χ2n) is 6.36. The topological polar surface area (TPSA) is 91.8 Å². The first-order chi connectivity index (χ1) is 11.3. The largest absolute Gasteiger partial charge is 0.447 e. The average molecular weight is 343 g/mol. The molecule has 124 valence electrons. The fraction of sp³-hybridized carbons (Fsp3) is 0.235. The van der Waals surface area contributed by atoms with Gasteiger partial charge >= 0.3 is 0 Å². The molecule has 3 aromatic rings. The average Bonchev–Trinajstić information content (AvgIpc) is 3.14. The molecule has 7 heteroatoms. The molecule has 0 saturated carbocycles. The molecule has 3 rings (SSSR count). The molecule has 0 unspecified atom stereocenters. The van der Waals surface area contributed by atoms with Gasteiger partial charge in [-0.3, -0.25) is 9.59 Å². The quantitative estimate of drug-likeness (QED) is 0.728. The summed E-state index contributed by atoms with van der Waals surface area (Å²) in [6.45, 7) is 5.95. The molecule has 24 heavy (non-hydrogen) atoms. The molecule has 0 aliphatic heterocycles. The standard InChI is InChI=1S/C17H17N3O3S/c1-17(2,3)14-11(18-9-23-14)8-13-16(22)19-12(15(21)20-13)7-10-5-4-6-24-10/h4-9H,1-3H3,(H,19,22)(H,20,21). The Morgan fingerprint density at radius 2 is 1.79 bits per heavy atom. The van der Waals surface area contributed by atoms with Crippen molar-refractivity contribution in [3.63, 3.8) is 0 Å². The van der Waals surface area contributed by atoms with Gasteiger partial charge in [-0.15, -0.1) is 11.3 Å². The summed E-state index contributed by atoms with van der Waals surface area (Å²) in [6.07, 6.45) is 4.50. The normalized spacial score (nSPS) is 13.6. The Labute approximate surface area is 141 Å². The zero-order chi connectivity index (χ0) is 17.3. The molecule has 0 amide bonds. The lowest BCUT2D eigenvalue weighted by molar-refractivity contribution is 0.407. The van der Waals surface area contributed by atoms with Crippen molar-refractivity contribution < 1.29 is 4.42 Å². The van der Waals surface area contributed by atoms with Gasteiger partial charge in [-0.1, -0.05) is 26.8 Å². The zero-order valence-corrected chi connectivity index (χ0v) is 14.4. The molecule has 0 aliphatic carbocycles. The molecule has 0 atom stereocenters.